The number of carbonyl (C=O) groups excluding carboxylic acids is 1. The van der Waals surface area contributed by atoms with Crippen molar-refractivity contribution < 1.29 is 9.53 Å². The van der Waals surface area contributed by atoms with Crippen molar-refractivity contribution >= 4 is 34.9 Å². The predicted molar refractivity (Wildman–Crippen MR) is 125 cm³/mol. The number of rotatable bonds is 7. The Labute approximate surface area is 186 Å². The van der Waals surface area contributed by atoms with Gasteiger partial charge >= 0.3 is 0 Å². The van der Waals surface area contributed by atoms with Gasteiger partial charge in [-0.1, -0.05) is 30.0 Å². The molecule has 3 aromatic rings. The number of nitrogens with one attached hydrogen (secondary N) is 1. The Hall–Kier alpha value is -3.26. The van der Waals surface area contributed by atoms with Crippen LogP contribution in [0.1, 0.15) is 0 Å². The number of amides is 1. The maximum absolute atomic E-state index is 12.3. The zero-order valence-electron chi connectivity index (χ0n) is 17.4. The zero-order valence-corrected chi connectivity index (χ0v) is 18.2. The molecule has 1 amide bonds. The van der Waals surface area contributed by atoms with E-state index in [-0.39, 0.29) is 11.7 Å². The molecule has 0 spiro atoms. The van der Waals surface area contributed by atoms with Crippen molar-refractivity contribution in [2.75, 3.05) is 54.2 Å². The summed E-state index contributed by atoms with van der Waals surface area (Å²) in [7, 11) is 1.61. The van der Waals surface area contributed by atoms with Gasteiger partial charge in [0.15, 0.2) is 0 Å². The average molecular weight is 436 g/mol. The third kappa shape index (κ3) is 5.67. The molecule has 4 rings (SSSR count). The molecule has 8 heteroatoms. The fraction of sp³-hybridized carbons (Fsp3) is 0.261. The van der Waals surface area contributed by atoms with Gasteiger partial charge in [0.1, 0.15) is 22.9 Å². The Morgan fingerprint density at radius 2 is 1.71 bits per heavy atom. The van der Waals surface area contributed by atoms with Gasteiger partial charge in [-0.25, -0.2) is 9.97 Å². The molecule has 0 unspecified atom stereocenters. The van der Waals surface area contributed by atoms with E-state index < -0.39 is 0 Å². The molecule has 1 fully saturated rings. The summed E-state index contributed by atoms with van der Waals surface area (Å²) < 4.78 is 5.13. The summed E-state index contributed by atoms with van der Waals surface area (Å²) >= 11 is 1.41. The molecule has 0 radical (unpaired) electrons. The van der Waals surface area contributed by atoms with Crippen molar-refractivity contribution in [2.45, 2.75) is 5.03 Å². The van der Waals surface area contributed by atoms with E-state index in [0.29, 0.717) is 0 Å². The first-order chi connectivity index (χ1) is 15.2. The molecule has 1 aromatic heterocycles. The number of hydrogen-bond acceptors (Lipinski definition) is 7. The first-order valence-electron chi connectivity index (χ1n) is 10.1. The number of nitrogens with zero attached hydrogens (tertiary/aromatic N) is 4. The van der Waals surface area contributed by atoms with Crippen LogP contribution in [-0.4, -0.2) is 54.9 Å². The highest BCUT2D eigenvalue weighted by Crippen LogP contribution is 2.23. The third-order valence-electron chi connectivity index (χ3n) is 5.08. The monoisotopic (exact) mass is 435 g/mol. The largest absolute Gasteiger partial charge is 0.497 e. The second-order valence-electron chi connectivity index (χ2n) is 7.09. The topological polar surface area (TPSA) is 70.6 Å². The molecule has 1 N–H and O–H groups in total. The molecule has 2 aromatic carbocycles. The standard InChI is InChI=1S/C23H25N5O2S/c1-30-20-9-7-18(8-10-20)26-22(29)16-31-23-15-21(24-17-25-23)28-13-11-27(12-14-28)19-5-3-2-4-6-19/h2-10,15,17H,11-14,16H2,1H3,(H,26,29). The number of aromatic nitrogens is 2. The molecule has 1 aliphatic rings. The number of piperazine rings is 1. The van der Waals surface area contributed by atoms with Crippen LogP contribution in [0.2, 0.25) is 0 Å². The number of para-hydroxylation sites is 1. The van der Waals surface area contributed by atoms with E-state index in [1.165, 1.54) is 17.4 Å². The summed E-state index contributed by atoms with van der Waals surface area (Å²) in [6, 6.07) is 19.7. The van der Waals surface area contributed by atoms with Gasteiger partial charge in [0.25, 0.3) is 0 Å². The molecule has 1 aliphatic heterocycles. The lowest BCUT2D eigenvalue weighted by atomic mass is 10.2. The van der Waals surface area contributed by atoms with E-state index in [2.05, 4.69) is 49.4 Å². The maximum Gasteiger partial charge on any atom is 0.234 e. The molecule has 0 aliphatic carbocycles. The summed E-state index contributed by atoms with van der Waals surface area (Å²) in [6.45, 7) is 3.68. The molecule has 160 valence electrons. The lowest BCUT2D eigenvalue weighted by Gasteiger charge is -2.36. The van der Waals surface area contributed by atoms with E-state index in [1.54, 1.807) is 13.4 Å². The minimum atomic E-state index is -0.0770. The van der Waals surface area contributed by atoms with E-state index in [9.17, 15) is 4.79 Å². The Balaban J connectivity index is 1.28. The van der Waals surface area contributed by atoms with Gasteiger partial charge in [0, 0.05) is 43.6 Å². The van der Waals surface area contributed by atoms with Crippen LogP contribution in [0.4, 0.5) is 17.2 Å². The Morgan fingerprint density at radius 1 is 1.00 bits per heavy atom. The number of methoxy groups -OCH3 is 1. The van der Waals surface area contributed by atoms with Crippen molar-refractivity contribution in [1.29, 1.82) is 0 Å². The minimum Gasteiger partial charge on any atom is -0.497 e. The van der Waals surface area contributed by atoms with Crippen LogP contribution < -0.4 is 19.9 Å². The molecule has 0 saturated carbocycles. The van der Waals surface area contributed by atoms with Crippen LogP contribution in [0.3, 0.4) is 0 Å². The fourth-order valence-corrected chi connectivity index (χ4v) is 4.09. The summed E-state index contributed by atoms with van der Waals surface area (Å²) in [5.41, 5.74) is 2.00. The highest BCUT2D eigenvalue weighted by atomic mass is 32.2. The van der Waals surface area contributed by atoms with Gasteiger partial charge in [-0.2, -0.15) is 0 Å². The quantitative estimate of drug-likeness (QED) is 0.450. The van der Waals surface area contributed by atoms with Crippen molar-refractivity contribution in [2.24, 2.45) is 0 Å². The maximum atomic E-state index is 12.3. The van der Waals surface area contributed by atoms with Crippen LogP contribution in [-0.2, 0) is 4.79 Å². The number of carbonyl (C=O) groups is 1. The van der Waals surface area contributed by atoms with Crippen LogP contribution in [0.25, 0.3) is 0 Å². The number of thioether (sulfide) groups is 1. The summed E-state index contributed by atoms with van der Waals surface area (Å²) in [5.74, 6) is 1.86. The van der Waals surface area contributed by atoms with E-state index in [4.69, 9.17) is 4.74 Å². The van der Waals surface area contributed by atoms with Crippen molar-refractivity contribution in [3.63, 3.8) is 0 Å². The van der Waals surface area contributed by atoms with Gasteiger partial charge in [0.05, 0.1) is 12.9 Å². The van der Waals surface area contributed by atoms with E-state index in [1.807, 2.05) is 36.4 Å². The van der Waals surface area contributed by atoms with Crippen LogP contribution in [0.5, 0.6) is 5.75 Å². The normalized spacial score (nSPS) is 13.7. The molecule has 2 heterocycles. The smallest absolute Gasteiger partial charge is 0.234 e. The SMILES string of the molecule is COc1ccc(NC(=O)CSc2cc(N3CCN(c4ccccc4)CC3)ncn2)cc1. The fourth-order valence-electron chi connectivity index (χ4n) is 3.43. The third-order valence-corrected chi connectivity index (χ3v) is 6.00. The van der Waals surface area contributed by atoms with Crippen LogP contribution in [0, 0.1) is 0 Å². The van der Waals surface area contributed by atoms with Crippen molar-refractivity contribution in [3.8, 4) is 5.75 Å². The molecule has 0 atom stereocenters. The van der Waals surface area contributed by atoms with E-state index in [0.717, 1.165) is 48.5 Å². The summed E-state index contributed by atoms with van der Waals surface area (Å²) in [5, 5.41) is 3.68. The van der Waals surface area contributed by atoms with Gasteiger partial charge in [-0.05, 0) is 36.4 Å². The van der Waals surface area contributed by atoms with Crippen molar-refractivity contribution in [1.82, 2.24) is 9.97 Å². The van der Waals surface area contributed by atoms with Gasteiger partial charge in [-0.15, -0.1) is 0 Å². The first kappa shape index (κ1) is 21.0. The second kappa shape index (κ2) is 10.2. The molecular formula is C23H25N5O2S. The van der Waals surface area contributed by atoms with Gasteiger partial charge < -0.3 is 19.9 Å². The molecule has 7 nitrogen and oxygen atoms in total. The molecule has 0 bridgehead atoms. The number of anilines is 3. The number of benzene rings is 2. The minimum absolute atomic E-state index is 0.0770. The Bertz CT molecular complexity index is 992. The summed E-state index contributed by atoms with van der Waals surface area (Å²) in [4.78, 5) is 25.7. The highest BCUT2D eigenvalue weighted by molar-refractivity contribution is 7.99. The van der Waals surface area contributed by atoms with Gasteiger partial charge in [0.2, 0.25) is 5.91 Å². The highest BCUT2D eigenvalue weighted by Gasteiger charge is 2.19. The first-order valence-corrected chi connectivity index (χ1v) is 11.1. The lowest BCUT2D eigenvalue weighted by Crippen LogP contribution is -2.46. The number of hydrogen-bond donors (Lipinski definition) is 1. The van der Waals surface area contributed by atoms with Crippen LogP contribution >= 0.6 is 11.8 Å². The van der Waals surface area contributed by atoms with Gasteiger partial charge in [-0.3, -0.25) is 4.79 Å². The van der Waals surface area contributed by atoms with Crippen molar-refractivity contribution in [3.05, 3.63) is 67.0 Å². The molecule has 31 heavy (non-hydrogen) atoms. The zero-order chi connectivity index (χ0) is 21.5. The number of ether oxygens (including phenoxy) is 1. The van der Waals surface area contributed by atoms with Crippen LogP contribution in [0.15, 0.2) is 72.0 Å². The lowest BCUT2D eigenvalue weighted by molar-refractivity contribution is -0.113. The predicted octanol–water partition coefficient (Wildman–Crippen LogP) is 3.54. The van der Waals surface area contributed by atoms with E-state index >= 15 is 0 Å². The summed E-state index contributed by atoms with van der Waals surface area (Å²) in [6.07, 6.45) is 1.57. The Morgan fingerprint density at radius 3 is 2.42 bits per heavy atom. The second-order valence-corrected chi connectivity index (χ2v) is 8.09. The molecular weight excluding hydrogens is 410 g/mol. The molecule has 1 saturated heterocycles. The average Bonchev–Trinajstić information content (AvgIpc) is 2.84. The Kier molecular flexibility index (Phi) is 6.89.